The van der Waals surface area contributed by atoms with Gasteiger partial charge in [-0.3, -0.25) is 4.68 Å². The zero-order valence-electron chi connectivity index (χ0n) is 12.6. The van der Waals surface area contributed by atoms with Crippen molar-refractivity contribution in [1.82, 2.24) is 15.1 Å². The summed E-state index contributed by atoms with van der Waals surface area (Å²) in [6.45, 7) is 4.33. The van der Waals surface area contributed by atoms with Gasteiger partial charge in [0.2, 0.25) is 0 Å². The fraction of sp³-hybridized carbons (Fsp3) is 0.438. The summed E-state index contributed by atoms with van der Waals surface area (Å²) in [5.74, 6) is 0. The number of likely N-dealkylation sites (N-methyl/N-ethyl adjacent to an activating group) is 1. The van der Waals surface area contributed by atoms with Crippen LogP contribution >= 0.6 is 23.2 Å². The monoisotopic (exact) mass is 325 g/mol. The number of hydrogen-bond donors (Lipinski definition) is 1. The van der Waals surface area contributed by atoms with Crippen molar-refractivity contribution in [2.75, 3.05) is 7.05 Å². The number of aromatic nitrogens is 2. The molecule has 0 fully saturated rings. The van der Waals surface area contributed by atoms with E-state index < -0.39 is 0 Å². The Labute approximate surface area is 136 Å². The Morgan fingerprint density at radius 1 is 1.29 bits per heavy atom. The number of benzene rings is 1. The van der Waals surface area contributed by atoms with Gasteiger partial charge in [0.05, 0.1) is 5.69 Å². The molecule has 2 aromatic rings. The Hall–Kier alpha value is -1.03. The van der Waals surface area contributed by atoms with Crippen molar-refractivity contribution in [2.45, 2.75) is 38.8 Å². The first-order chi connectivity index (χ1) is 10.0. The molecule has 1 heterocycles. The van der Waals surface area contributed by atoms with Crippen LogP contribution in [0.25, 0.3) is 0 Å². The van der Waals surface area contributed by atoms with Crippen LogP contribution in [0, 0.1) is 0 Å². The van der Waals surface area contributed by atoms with Gasteiger partial charge in [0.15, 0.2) is 0 Å². The summed E-state index contributed by atoms with van der Waals surface area (Å²) in [6, 6.07) is 8.23. The molecule has 0 aliphatic heterocycles. The van der Waals surface area contributed by atoms with Crippen LogP contribution in [0.1, 0.15) is 43.6 Å². The van der Waals surface area contributed by atoms with E-state index in [-0.39, 0.29) is 6.04 Å². The first-order valence-corrected chi connectivity index (χ1v) is 7.97. The second kappa shape index (κ2) is 7.30. The molecule has 21 heavy (non-hydrogen) atoms. The highest BCUT2D eigenvalue weighted by Crippen LogP contribution is 2.28. The maximum absolute atomic E-state index is 6.30. The summed E-state index contributed by atoms with van der Waals surface area (Å²) in [7, 11) is 1.93. The Morgan fingerprint density at radius 3 is 2.67 bits per heavy atom. The van der Waals surface area contributed by atoms with E-state index >= 15 is 0 Å². The predicted molar refractivity (Wildman–Crippen MR) is 89.2 cm³/mol. The maximum Gasteiger partial charge on any atom is 0.0643 e. The van der Waals surface area contributed by atoms with E-state index in [1.807, 2.05) is 30.1 Å². The van der Waals surface area contributed by atoms with Crippen LogP contribution in [-0.2, 0) is 6.42 Å². The highest BCUT2D eigenvalue weighted by atomic mass is 35.5. The van der Waals surface area contributed by atoms with Crippen molar-refractivity contribution < 1.29 is 0 Å². The summed E-state index contributed by atoms with van der Waals surface area (Å²) in [4.78, 5) is 0. The maximum atomic E-state index is 6.30. The van der Waals surface area contributed by atoms with Crippen molar-refractivity contribution in [3.8, 4) is 0 Å². The van der Waals surface area contributed by atoms with Crippen molar-refractivity contribution in [2.24, 2.45) is 0 Å². The molecular formula is C16H21Cl2N3. The molecule has 0 aliphatic carbocycles. The van der Waals surface area contributed by atoms with Gasteiger partial charge in [0.25, 0.3) is 0 Å². The van der Waals surface area contributed by atoms with Crippen molar-refractivity contribution >= 4 is 23.2 Å². The van der Waals surface area contributed by atoms with E-state index in [0.717, 1.165) is 24.1 Å². The molecule has 1 aromatic carbocycles. The van der Waals surface area contributed by atoms with Crippen molar-refractivity contribution in [1.29, 1.82) is 0 Å². The average Bonchev–Trinajstić information content (AvgIpc) is 2.93. The van der Waals surface area contributed by atoms with E-state index in [2.05, 4.69) is 30.3 Å². The molecule has 0 spiro atoms. The van der Waals surface area contributed by atoms with Gasteiger partial charge in [-0.15, -0.1) is 0 Å². The van der Waals surface area contributed by atoms with Gasteiger partial charge in [-0.25, -0.2) is 0 Å². The molecule has 2 atom stereocenters. The zero-order valence-corrected chi connectivity index (χ0v) is 14.1. The number of nitrogens with one attached hydrogen (secondary N) is 1. The number of halogens is 2. The Kier molecular flexibility index (Phi) is 5.68. The topological polar surface area (TPSA) is 29.9 Å². The van der Waals surface area contributed by atoms with Gasteiger partial charge in [0, 0.05) is 34.7 Å². The van der Waals surface area contributed by atoms with Crippen LogP contribution in [0.4, 0.5) is 0 Å². The molecule has 114 valence electrons. The largest absolute Gasteiger partial charge is 0.313 e. The highest BCUT2D eigenvalue weighted by Gasteiger charge is 2.16. The summed E-state index contributed by atoms with van der Waals surface area (Å²) in [6.07, 6.45) is 3.90. The molecule has 1 N–H and O–H groups in total. The standard InChI is InChI=1S/C16H21Cl2N3/c1-4-11(2)21-8-7-13(20-21)10-16(19-3)14-6-5-12(17)9-15(14)18/h5-9,11,16,19H,4,10H2,1-3H3. The van der Waals surface area contributed by atoms with Gasteiger partial charge in [-0.05, 0) is 44.2 Å². The quantitative estimate of drug-likeness (QED) is 0.836. The highest BCUT2D eigenvalue weighted by molar-refractivity contribution is 6.35. The molecule has 0 radical (unpaired) electrons. The SMILES string of the molecule is CCC(C)n1ccc(CC(NC)c2ccc(Cl)cc2Cl)n1. The summed E-state index contributed by atoms with van der Waals surface area (Å²) in [5, 5.41) is 9.29. The second-order valence-electron chi connectivity index (χ2n) is 5.26. The van der Waals surface area contributed by atoms with Gasteiger partial charge >= 0.3 is 0 Å². The predicted octanol–water partition coefficient (Wildman–Crippen LogP) is 4.66. The third-order valence-corrected chi connectivity index (χ3v) is 4.37. The molecule has 0 saturated carbocycles. The molecule has 2 rings (SSSR count). The number of nitrogens with zero attached hydrogens (tertiary/aromatic N) is 2. The van der Waals surface area contributed by atoms with E-state index in [4.69, 9.17) is 23.2 Å². The molecule has 0 amide bonds. The Balaban J connectivity index is 2.17. The lowest BCUT2D eigenvalue weighted by Crippen LogP contribution is -2.19. The third-order valence-electron chi connectivity index (χ3n) is 3.81. The van der Waals surface area contributed by atoms with Crippen LogP contribution in [0.15, 0.2) is 30.5 Å². The molecular weight excluding hydrogens is 305 g/mol. The van der Waals surface area contributed by atoms with Crippen LogP contribution in [0.2, 0.25) is 10.0 Å². The number of hydrogen-bond acceptors (Lipinski definition) is 2. The van der Waals surface area contributed by atoms with Gasteiger partial charge in [0.1, 0.15) is 0 Å². The van der Waals surface area contributed by atoms with Gasteiger partial charge < -0.3 is 5.32 Å². The first-order valence-electron chi connectivity index (χ1n) is 7.21. The lowest BCUT2D eigenvalue weighted by Gasteiger charge is -2.17. The van der Waals surface area contributed by atoms with Crippen LogP contribution < -0.4 is 5.32 Å². The summed E-state index contributed by atoms with van der Waals surface area (Å²) < 4.78 is 2.02. The Bertz CT molecular complexity index is 595. The Morgan fingerprint density at radius 2 is 2.05 bits per heavy atom. The van der Waals surface area contributed by atoms with E-state index in [0.29, 0.717) is 16.1 Å². The normalized spacial score (nSPS) is 14.1. The second-order valence-corrected chi connectivity index (χ2v) is 6.10. The van der Waals surface area contributed by atoms with Gasteiger partial charge in [-0.2, -0.15) is 5.10 Å². The molecule has 0 bridgehead atoms. The molecule has 5 heteroatoms. The minimum atomic E-state index is 0.120. The van der Waals surface area contributed by atoms with Crippen LogP contribution in [0.3, 0.4) is 0 Å². The van der Waals surface area contributed by atoms with Crippen LogP contribution in [-0.4, -0.2) is 16.8 Å². The lowest BCUT2D eigenvalue weighted by atomic mass is 10.0. The van der Waals surface area contributed by atoms with Gasteiger partial charge in [-0.1, -0.05) is 36.2 Å². The zero-order chi connectivity index (χ0) is 15.4. The van der Waals surface area contributed by atoms with E-state index in [1.54, 1.807) is 6.07 Å². The van der Waals surface area contributed by atoms with Crippen molar-refractivity contribution in [3.63, 3.8) is 0 Å². The lowest BCUT2D eigenvalue weighted by molar-refractivity contribution is 0.469. The van der Waals surface area contributed by atoms with Crippen molar-refractivity contribution in [3.05, 3.63) is 51.8 Å². The molecule has 1 aromatic heterocycles. The van der Waals surface area contributed by atoms with Crippen LogP contribution in [0.5, 0.6) is 0 Å². The fourth-order valence-electron chi connectivity index (χ4n) is 2.28. The summed E-state index contributed by atoms with van der Waals surface area (Å²) in [5.41, 5.74) is 2.10. The molecule has 0 aliphatic rings. The molecule has 2 unspecified atom stereocenters. The molecule has 3 nitrogen and oxygen atoms in total. The minimum Gasteiger partial charge on any atom is -0.313 e. The minimum absolute atomic E-state index is 0.120. The summed E-state index contributed by atoms with van der Waals surface area (Å²) >= 11 is 12.3. The fourth-order valence-corrected chi connectivity index (χ4v) is 2.82. The first kappa shape index (κ1) is 16.3. The number of rotatable bonds is 6. The smallest absolute Gasteiger partial charge is 0.0643 e. The van der Waals surface area contributed by atoms with E-state index in [9.17, 15) is 0 Å². The average molecular weight is 326 g/mol. The third kappa shape index (κ3) is 4.00. The van der Waals surface area contributed by atoms with E-state index in [1.165, 1.54) is 0 Å². The molecule has 0 saturated heterocycles.